The Hall–Kier alpha value is -2.17. The highest BCUT2D eigenvalue weighted by Gasteiger charge is 2.34. The van der Waals surface area contributed by atoms with Gasteiger partial charge in [-0.2, -0.15) is 5.10 Å². The number of hydrogen-bond acceptors (Lipinski definition) is 3. The van der Waals surface area contributed by atoms with Crippen molar-refractivity contribution in [2.75, 3.05) is 0 Å². The molecule has 0 spiro atoms. The van der Waals surface area contributed by atoms with E-state index in [4.69, 9.17) is 0 Å². The number of nitrogens with zero attached hydrogens (tertiary/aromatic N) is 3. The lowest BCUT2D eigenvalue weighted by molar-refractivity contribution is 0.0723. The van der Waals surface area contributed by atoms with Crippen LogP contribution in [0.5, 0.6) is 0 Å². The zero-order chi connectivity index (χ0) is 14.8. The Morgan fingerprint density at radius 3 is 2.86 bits per heavy atom. The molecule has 0 unspecified atom stereocenters. The Morgan fingerprint density at radius 1 is 1.48 bits per heavy atom. The fourth-order valence-corrected chi connectivity index (χ4v) is 2.33. The molecule has 0 aliphatic heterocycles. The van der Waals surface area contributed by atoms with Gasteiger partial charge in [-0.25, -0.2) is 0 Å². The summed E-state index contributed by atoms with van der Waals surface area (Å²) in [6, 6.07) is 6.11. The predicted octanol–water partition coefficient (Wildman–Crippen LogP) is 2.73. The number of aromatic nitrogens is 3. The van der Waals surface area contributed by atoms with E-state index in [1.54, 1.807) is 6.20 Å². The minimum absolute atomic E-state index is 0.00417. The van der Waals surface area contributed by atoms with Crippen molar-refractivity contribution >= 4 is 5.91 Å². The van der Waals surface area contributed by atoms with Crippen molar-refractivity contribution in [3.8, 4) is 0 Å². The molecule has 110 valence electrons. The minimum Gasteiger partial charge on any atom is -0.330 e. The first kappa shape index (κ1) is 13.8. The lowest BCUT2D eigenvalue weighted by Crippen LogP contribution is -2.32. The van der Waals surface area contributed by atoms with E-state index in [2.05, 4.69) is 29.0 Å². The Morgan fingerprint density at radius 2 is 2.29 bits per heavy atom. The topological polar surface area (TPSA) is 61.9 Å². The molecule has 0 atom stereocenters. The monoisotopic (exact) mass is 284 g/mol. The van der Waals surface area contributed by atoms with Crippen LogP contribution in [0.25, 0.3) is 0 Å². The molecule has 0 radical (unpaired) electrons. The van der Waals surface area contributed by atoms with E-state index in [9.17, 15) is 4.79 Å². The van der Waals surface area contributed by atoms with Gasteiger partial charge in [0.2, 0.25) is 0 Å². The number of carbonyl (C=O) groups is 1. The number of carbonyl (C=O) groups excluding carboxylic acids is 1. The predicted molar refractivity (Wildman–Crippen MR) is 79.8 cm³/mol. The zero-order valence-corrected chi connectivity index (χ0v) is 12.4. The number of aromatic amines is 1. The summed E-state index contributed by atoms with van der Waals surface area (Å²) in [7, 11) is 0. The number of hydrogen-bond donors (Lipinski definition) is 1. The molecule has 1 N–H and O–H groups in total. The van der Waals surface area contributed by atoms with E-state index in [1.165, 1.54) is 0 Å². The van der Waals surface area contributed by atoms with Crippen LogP contribution >= 0.6 is 0 Å². The van der Waals surface area contributed by atoms with Crippen LogP contribution in [0, 0.1) is 0 Å². The molecule has 21 heavy (non-hydrogen) atoms. The molecule has 1 amide bonds. The molecule has 1 aliphatic carbocycles. The van der Waals surface area contributed by atoms with Gasteiger partial charge in [0.1, 0.15) is 5.69 Å². The normalized spacial score (nSPS) is 14.4. The molecule has 0 bridgehead atoms. The molecule has 3 rings (SSSR count). The van der Waals surface area contributed by atoms with Crippen LogP contribution in [0.15, 0.2) is 30.6 Å². The van der Waals surface area contributed by atoms with Gasteiger partial charge in [0.25, 0.3) is 5.91 Å². The molecular weight excluding hydrogens is 264 g/mol. The maximum atomic E-state index is 12.7. The second kappa shape index (κ2) is 5.68. The molecule has 5 nitrogen and oxygen atoms in total. The van der Waals surface area contributed by atoms with Gasteiger partial charge in [-0.15, -0.1) is 0 Å². The van der Waals surface area contributed by atoms with Crippen molar-refractivity contribution in [3.63, 3.8) is 0 Å². The van der Waals surface area contributed by atoms with Gasteiger partial charge >= 0.3 is 0 Å². The number of pyridine rings is 1. The van der Waals surface area contributed by atoms with E-state index in [0.717, 1.165) is 24.1 Å². The van der Waals surface area contributed by atoms with Gasteiger partial charge in [-0.1, -0.05) is 19.9 Å². The van der Waals surface area contributed by atoms with Crippen molar-refractivity contribution in [1.82, 2.24) is 20.1 Å². The van der Waals surface area contributed by atoms with E-state index < -0.39 is 0 Å². The summed E-state index contributed by atoms with van der Waals surface area (Å²) in [6.07, 6.45) is 5.71. The maximum absolute atomic E-state index is 12.7. The van der Waals surface area contributed by atoms with E-state index in [1.807, 2.05) is 29.3 Å². The molecule has 0 saturated heterocycles. The molecule has 2 aromatic rings. The van der Waals surface area contributed by atoms with Gasteiger partial charge in [-0.3, -0.25) is 14.9 Å². The third-order valence-electron chi connectivity index (χ3n) is 3.76. The highest BCUT2D eigenvalue weighted by Crippen LogP contribution is 2.29. The van der Waals surface area contributed by atoms with Crippen LogP contribution < -0.4 is 0 Å². The number of H-pyrrole nitrogens is 1. The first-order valence-corrected chi connectivity index (χ1v) is 7.40. The van der Waals surface area contributed by atoms with E-state index in [-0.39, 0.29) is 5.91 Å². The Kier molecular flexibility index (Phi) is 3.73. The first-order chi connectivity index (χ1) is 10.1. The second-order valence-electron chi connectivity index (χ2n) is 5.89. The summed E-state index contributed by atoms with van der Waals surface area (Å²) in [6.45, 7) is 4.76. The summed E-state index contributed by atoms with van der Waals surface area (Å²) in [5.74, 6) is 0.344. The van der Waals surface area contributed by atoms with Crippen LogP contribution in [-0.4, -0.2) is 32.0 Å². The molecule has 1 aliphatic rings. The largest absolute Gasteiger partial charge is 0.330 e. The van der Waals surface area contributed by atoms with Gasteiger partial charge in [0, 0.05) is 30.7 Å². The molecule has 2 aromatic heterocycles. The zero-order valence-electron chi connectivity index (χ0n) is 12.4. The van der Waals surface area contributed by atoms with E-state index >= 15 is 0 Å². The Balaban J connectivity index is 1.78. The summed E-state index contributed by atoms with van der Waals surface area (Å²) in [5.41, 5.74) is 2.56. The smallest absolute Gasteiger partial charge is 0.274 e. The highest BCUT2D eigenvalue weighted by molar-refractivity contribution is 5.92. The van der Waals surface area contributed by atoms with Crippen molar-refractivity contribution in [2.45, 2.75) is 45.2 Å². The van der Waals surface area contributed by atoms with Crippen LogP contribution in [-0.2, 0) is 6.54 Å². The molecule has 5 heteroatoms. The van der Waals surface area contributed by atoms with Crippen LogP contribution in [0.2, 0.25) is 0 Å². The van der Waals surface area contributed by atoms with Crippen LogP contribution in [0.3, 0.4) is 0 Å². The minimum atomic E-state index is 0.00417. The summed E-state index contributed by atoms with van der Waals surface area (Å²) in [5, 5.41) is 7.13. The second-order valence-corrected chi connectivity index (χ2v) is 5.89. The van der Waals surface area contributed by atoms with Gasteiger partial charge < -0.3 is 4.90 Å². The highest BCUT2D eigenvalue weighted by atomic mass is 16.2. The number of rotatable bonds is 5. The van der Waals surface area contributed by atoms with Gasteiger partial charge in [0.15, 0.2) is 0 Å². The van der Waals surface area contributed by atoms with Crippen LogP contribution in [0.1, 0.15) is 54.4 Å². The summed E-state index contributed by atoms with van der Waals surface area (Å²) < 4.78 is 0. The molecule has 1 saturated carbocycles. The van der Waals surface area contributed by atoms with Crippen molar-refractivity contribution in [3.05, 3.63) is 47.5 Å². The fraction of sp³-hybridized carbons (Fsp3) is 0.438. The Bertz CT molecular complexity index is 616. The van der Waals surface area contributed by atoms with Crippen molar-refractivity contribution in [1.29, 1.82) is 0 Å². The maximum Gasteiger partial charge on any atom is 0.274 e. The molecule has 0 aromatic carbocycles. The summed E-state index contributed by atoms with van der Waals surface area (Å²) in [4.78, 5) is 18.7. The quantitative estimate of drug-likeness (QED) is 0.918. The van der Waals surface area contributed by atoms with Gasteiger partial charge in [-0.05, 0) is 36.5 Å². The Labute approximate surface area is 124 Å². The molecule has 2 heterocycles. The fourth-order valence-electron chi connectivity index (χ4n) is 2.33. The molecule has 1 fully saturated rings. The first-order valence-electron chi connectivity index (χ1n) is 7.40. The SMILES string of the molecule is CC(C)c1cc(C(=O)N(Cc2cccnc2)C2CC2)n[nH]1. The standard InChI is InChI=1S/C16H20N4O/c1-11(2)14-8-15(19-18-14)16(21)20(13-5-6-13)10-12-4-3-7-17-9-12/h3-4,7-9,11,13H,5-6,10H2,1-2H3,(H,18,19). The van der Waals surface area contributed by atoms with Crippen molar-refractivity contribution in [2.24, 2.45) is 0 Å². The van der Waals surface area contributed by atoms with Gasteiger partial charge in [0.05, 0.1) is 0 Å². The van der Waals surface area contributed by atoms with Crippen LogP contribution in [0.4, 0.5) is 0 Å². The van der Waals surface area contributed by atoms with Crippen molar-refractivity contribution < 1.29 is 4.79 Å². The lowest BCUT2D eigenvalue weighted by atomic mass is 10.1. The molecular formula is C16H20N4O. The average Bonchev–Trinajstić information content (AvgIpc) is 3.20. The number of amides is 1. The average molecular weight is 284 g/mol. The lowest BCUT2D eigenvalue weighted by Gasteiger charge is -2.21. The third-order valence-corrected chi connectivity index (χ3v) is 3.76. The third kappa shape index (κ3) is 3.12. The van der Waals surface area contributed by atoms with E-state index in [0.29, 0.717) is 24.2 Å². The number of nitrogens with one attached hydrogen (secondary N) is 1. The summed E-state index contributed by atoms with van der Waals surface area (Å²) >= 11 is 0.